The summed E-state index contributed by atoms with van der Waals surface area (Å²) in [5, 5.41) is 4.88. The van der Waals surface area contributed by atoms with E-state index in [1.807, 2.05) is 4.68 Å². The van der Waals surface area contributed by atoms with Crippen molar-refractivity contribution in [2.45, 2.75) is 46.8 Å². The molecule has 0 atom stereocenters. The lowest BCUT2D eigenvalue weighted by Gasteiger charge is -2.26. The van der Waals surface area contributed by atoms with Crippen molar-refractivity contribution >= 4 is 12.2 Å². The minimum Gasteiger partial charge on any atom is -0.316 e. The summed E-state index contributed by atoms with van der Waals surface area (Å²) in [5.41, 5.74) is 2.43. The smallest absolute Gasteiger partial charge is 0.203 e. The van der Waals surface area contributed by atoms with Gasteiger partial charge in [-0.1, -0.05) is 31.2 Å². The number of aromatic nitrogens is 3. The Morgan fingerprint density at radius 3 is 2.61 bits per heavy atom. The topological polar surface area (TPSA) is 27.2 Å². The molecule has 1 aliphatic rings. The third-order valence-electron chi connectivity index (χ3n) is 4.98. The van der Waals surface area contributed by atoms with Crippen molar-refractivity contribution in [1.29, 1.82) is 0 Å². The van der Waals surface area contributed by atoms with Gasteiger partial charge < -0.3 is 9.47 Å². The number of hydrogen-bond donors (Lipinski definition) is 1. The minimum absolute atomic E-state index is 0.844. The van der Waals surface area contributed by atoms with Crippen LogP contribution in [0.4, 0.5) is 0 Å². The molecule has 1 aromatic heterocycles. The van der Waals surface area contributed by atoms with Gasteiger partial charge in [-0.05, 0) is 50.4 Å². The molecule has 0 radical (unpaired) electrons. The summed E-state index contributed by atoms with van der Waals surface area (Å²) < 4.78 is 5.03. The molecule has 0 aliphatic carbocycles. The van der Waals surface area contributed by atoms with Crippen molar-refractivity contribution in [1.82, 2.24) is 14.3 Å². The van der Waals surface area contributed by atoms with Crippen LogP contribution < -0.4 is 4.90 Å². The van der Waals surface area contributed by atoms with Crippen LogP contribution in [0.2, 0.25) is 0 Å². The molecule has 0 unspecified atom stereocenters. The first-order chi connectivity index (χ1) is 11.1. The Bertz CT molecular complexity index is 723. The zero-order chi connectivity index (χ0) is 16.4. The average Bonchev–Trinajstić information content (AvgIpc) is 2.86. The van der Waals surface area contributed by atoms with E-state index in [9.17, 15) is 0 Å². The maximum Gasteiger partial charge on any atom is 0.203 e. The molecule has 1 N–H and O–H groups in total. The highest BCUT2D eigenvalue weighted by Gasteiger charge is 2.21. The molecule has 1 saturated heterocycles. The zero-order valence-corrected chi connectivity index (χ0v) is 15.2. The van der Waals surface area contributed by atoms with Gasteiger partial charge in [0.1, 0.15) is 0 Å². The number of benzene rings is 1. The summed E-state index contributed by atoms with van der Waals surface area (Å²) in [7, 11) is 0. The van der Waals surface area contributed by atoms with Gasteiger partial charge >= 0.3 is 0 Å². The van der Waals surface area contributed by atoms with Crippen LogP contribution in [-0.2, 0) is 13.2 Å². The van der Waals surface area contributed by atoms with E-state index < -0.39 is 0 Å². The third-order valence-corrected chi connectivity index (χ3v) is 5.41. The van der Waals surface area contributed by atoms with Crippen molar-refractivity contribution in [3.05, 3.63) is 34.6 Å². The van der Waals surface area contributed by atoms with Gasteiger partial charge in [0.05, 0.1) is 13.1 Å². The van der Waals surface area contributed by atoms with Crippen molar-refractivity contribution in [3.63, 3.8) is 0 Å². The second-order valence-corrected chi connectivity index (χ2v) is 7.12. The van der Waals surface area contributed by atoms with Crippen LogP contribution >= 0.6 is 12.2 Å². The number of likely N-dealkylation sites (tertiary alicyclic amines) is 1. The van der Waals surface area contributed by atoms with Crippen LogP contribution in [0.1, 0.15) is 32.3 Å². The van der Waals surface area contributed by atoms with Crippen LogP contribution in [0.3, 0.4) is 0 Å². The fraction of sp³-hybridized carbons (Fsp3) is 0.556. The second kappa shape index (κ2) is 6.97. The predicted octanol–water partition coefficient (Wildman–Crippen LogP) is 2.68. The molecule has 0 spiro atoms. The molecule has 4 nitrogen and oxygen atoms in total. The molecule has 2 heterocycles. The van der Waals surface area contributed by atoms with Crippen LogP contribution in [0.25, 0.3) is 11.4 Å². The molecule has 0 bridgehead atoms. The highest BCUT2D eigenvalue weighted by molar-refractivity contribution is 7.71. The van der Waals surface area contributed by atoms with Gasteiger partial charge in [-0.25, -0.2) is 0 Å². The summed E-state index contributed by atoms with van der Waals surface area (Å²) in [6, 6.07) is 8.41. The maximum atomic E-state index is 5.70. The fourth-order valence-corrected chi connectivity index (χ4v) is 3.71. The van der Waals surface area contributed by atoms with E-state index in [1.54, 1.807) is 4.90 Å². The van der Waals surface area contributed by atoms with Gasteiger partial charge in [0.15, 0.2) is 12.5 Å². The summed E-state index contributed by atoms with van der Waals surface area (Å²) >= 11 is 5.70. The monoisotopic (exact) mass is 331 g/mol. The molecule has 124 valence electrons. The Labute approximate surface area is 143 Å². The minimum atomic E-state index is 0.844. The lowest BCUT2D eigenvalue weighted by molar-refractivity contribution is -0.929. The number of hydrogen-bond acceptors (Lipinski definition) is 2. The number of quaternary nitrogens is 1. The summed E-state index contributed by atoms with van der Waals surface area (Å²) in [6.07, 6.45) is 2.61. The largest absolute Gasteiger partial charge is 0.316 e. The predicted molar refractivity (Wildman–Crippen MR) is 96.0 cm³/mol. The summed E-state index contributed by atoms with van der Waals surface area (Å²) in [6.45, 7) is 10.8. The number of nitrogens with one attached hydrogen (secondary N) is 1. The maximum absolute atomic E-state index is 5.70. The van der Waals surface area contributed by atoms with Crippen LogP contribution in [0.5, 0.6) is 0 Å². The molecule has 2 aromatic rings. The van der Waals surface area contributed by atoms with Crippen molar-refractivity contribution in [2.24, 2.45) is 5.92 Å². The SMILES string of the molecule is CCn1c(-c2ccccc2C)nn(C[NH+]2CCC(C)CC2)c1=S. The van der Waals surface area contributed by atoms with Gasteiger partial charge in [-0.2, -0.15) is 4.68 Å². The van der Waals surface area contributed by atoms with Crippen molar-refractivity contribution in [3.8, 4) is 11.4 Å². The average molecular weight is 332 g/mol. The van der Waals surface area contributed by atoms with E-state index in [0.717, 1.165) is 29.7 Å². The van der Waals surface area contributed by atoms with E-state index in [2.05, 4.69) is 49.6 Å². The second-order valence-electron chi connectivity index (χ2n) is 6.76. The van der Waals surface area contributed by atoms with Gasteiger partial charge in [0.25, 0.3) is 0 Å². The lowest BCUT2D eigenvalue weighted by Crippen LogP contribution is -3.12. The molecule has 23 heavy (non-hydrogen) atoms. The molecular formula is C18H27N4S+. The van der Waals surface area contributed by atoms with Gasteiger partial charge in [0.2, 0.25) is 4.77 Å². The number of rotatable bonds is 4. The molecule has 0 saturated carbocycles. The van der Waals surface area contributed by atoms with Crippen molar-refractivity contribution in [2.75, 3.05) is 13.1 Å². The Morgan fingerprint density at radius 1 is 1.26 bits per heavy atom. The molecule has 1 fully saturated rings. The Balaban J connectivity index is 1.91. The fourth-order valence-electron chi connectivity index (χ4n) is 3.39. The Kier molecular flexibility index (Phi) is 4.97. The molecule has 1 aliphatic heterocycles. The van der Waals surface area contributed by atoms with Crippen LogP contribution in [0.15, 0.2) is 24.3 Å². The number of nitrogens with zero attached hydrogens (tertiary/aromatic N) is 3. The Morgan fingerprint density at radius 2 is 1.96 bits per heavy atom. The first kappa shape index (κ1) is 16.4. The van der Waals surface area contributed by atoms with E-state index in [-0.39, 0.29) is 0 Å². The normalized spacial score (nSPS) is 21.5. The first-order valence-corrected chi connectivity index (χ1v) is 9.08. The standard InChI is InChI=1S/C18H26N4S/c1-4-21-17(16-8-6-5-7-15(16)3)19-22(18(21)23)13-20-11-9-14(2)10-12-20/h5-8,14H,4,9-13H2,1-3H3/p+1. The van der Waals surface area contributed by atoms with E-state index in [0.29, 0.717) is 0 Å². The summed E-state index contributed by atoms with van der Waals surface area (Å²) in [5.74, 6) is 1.86. The van der Waals surface area contributed by atoms with Crippen molar-refractivity contribution < 1.29 is 4.90 Å². The van der Waals surface area contributed by atoms with E-state index in [4.69, 9.17) is 17.3 Å². The molecule has 1 aromatic carbocycles. The van der Waals surface area contributed by atoms with Crippen LogP contribution in [-0.4, -0.2) is 27.4 Å². The Hall–Kier alpha value is -1.46. The molecule has 3 rings (SSSR count). The van der Waals surface area contributed by atoms with Gasteiger partial charge in [-0.15, -0.1) is 5.10 Å². The highest BCUT2D eigenvalue weighted by atomic mass is 32.1. The number of piperidine rings is 1. The van der Waals surface area contributed by atoms with E-state index in [1.165, 1.54) is 37.1 Å². The molecule has 5 heteroatoms. The lowest BCUT2D eigenvalue weighted by atomic mass is 10.00. The number of aryl methyl sites for hydroxylation is 1. The zero-order valence-electron chi connectivity index (χ0n) is 14.4. The third kappa shape index (κ3) is 3.40. The molecule has 0 amide bonds. The first-order valence-electron chi connectivity index (χ1n) is 8.67. The van der Waals surface area contributed by atoms with Gasteiger partial charge in [0, 0.05) is 12.1 Å². The quantitative estimate of drug-likeness (QED) is 0.872. The highest BCUT2D eigenvalue weighted by Crippen LogP contribution is 2.22. The van der Waals surface area contributed by atoms with Gasteiger partial charge in [-0.3, -0.25) is 0 Å². The van der Waals surface area contributed by atoms with E-state index >= 15 is 0 Å². The summed E-state index contributed by atoms with van der Waals surface area (Å²) in [4.78, 5) is 1.59. The van der Waals surface area contributed by atoms with Crippen LogP contribution in [0, 0.1) is 17.6 Å². The molecular weight excluding hydrogens is 304 g/mol.